The molecule has 0 radical (unpaired) electrons. The Morgan fingerprint density at radius 1 is 1.36 bits per heavy atom. The number of hydrogen-bond acceptors (Lipinski definition) is 3. The first-order valence-corrected chi connectivity index (χ1v) is 5.50. The number of nitrogens with one attached hydrogen (secondary N) is 1. The summed E-state index contributed by atoms with van der Waals surface area (Å²) in [5, 5.41) is 11.2. The summed E-state index contributed by atoms with van der Waals surface area (Å²) in [5.41, 5.74) is 0. The Labute approximate surface area is 84.7 Å². The molecule has 4 nitrogen and oxygen atoms in total. The van der Waals surface area contributed by atoms with E-state index in [2.05, 4.69) is 15.6 Å². The Balaban J connectivity index is 1.55. The molecule has 1 saturated carbocycles. The first kappa shape index (κ1) is 9.65. The lowest BCUT2D eigenvalue weighted by Gasteiger charge is -2.09. The molecule has 0 aromatic carbocycles. The van der Waals surface area contributed by atoms with E-state index < -0.39 is 0 Å². The van der Waals surface area contributed by atoms with Crippen LogP contribution in [0.5, 0.6) is 0 Å². The Hall–Kier alpha value is -0.900. The summed E-state index contributed by atoms with van der Waals surface area (Å²) in [6.45, 7) is 3.10. The molecule has 1 aromatic heterocycles. The third-order valence-electron chi connectivity index (χ3n) is 2.90. The number of nitrogens with zero attached hydrogens (tertiary/aromatic N) is 3. The van der Waals surface area contributed by atoms with Crippen molar-refractivity contribution in [1.82, 2.24) is 20.3 Å². The zero-order valence-corrected chi connectivity index (χ0v) is 8.52. The van der Waals surface area contributed by atoms with Gasteiger partial charge in [0.15, 0.2) is 0 Å². The fourth-order valence-electron chi connectivity index (χ4n) is 2.07. The Kier molecular flexibility index (Phi) is 3.51. The second-order valence-corrected chi connectivity index (χ2v) is 4.02. The molecule has 1 aliphatic carbocycles. The zero-order chi connectivity index (χ0) is 9.64. The number of hydrogen-bond donors (Lipinski definition) is 1. The van der Waals surface area contributed by atoms with Gasteiger partial charge in [0.05, 0.1) is 12.7 Å². The van der Waals surface area contributed by atoms with Crippen LogP contribution in [0.4, 0.5) is 0 Å². The van der Waals surface area contributed by atoms with Crippen molar-refractivity contribution < 1.29 is 0 Å². The van der Waals surface area contributed by atoms with Crippen molar-refractivity contribution in [2.75, 3.05) is 13.1 Å². The molecule has 1 fully saturated rings. The van der Waals surface area contributed by atoms with Gasteiger partial charge in [-0.05, 0) is 25.3 Å². The molecule has 4 heteroatoms. The molecule has 78 valence electrons. The van der Waals surface area contributed by atoms with Crippen LogP contribution < -0.4 is 5.32 Å². The molecule has 0 amide bonds. The first-order chi connectivity index (χ1) is 6.95. The molecule has 0 unspecified atom stereocenters. The summed E-state index contributed by atoms with van der Waals surface area (Å²) < 4.78 is 1.86. The van der Waals surface area contributed by atoms with Crippen molar-refractivity contribution in [2.45, 2.75) is 32.2 Å². The Morgan fingerprint density at radius 3 is 2.93 bits per heavy atom. The van der Waals surface area contributed by atoms with Gasteiger partial charge in [-0.3, -0.25) is 4.68 Å². The highest BCUT2D eigenvalue weighted by molar-refractivity contribution is 4.70. The minimum Gasteiger partial charge on any atom is -0.315 e. The molecule has 1 N–H and O–H groups in total. The normalized spacial score (nSPS) is 17.7. The van der Waals surface area contributed by atoms with E-state index in [-0.39, 0.29) is 0 Å². The first-order valence-electron chi connectivity index (χ1n) is 5.50. The third kappa shape index (κ3) is 2.80. The van der Waals surface area contributed by atoms with Crippen LogP contribution in [0.1, 0.15) is 25.7 Å². The van der Waals surface area contributed by atoms with Crippen molar-refractivity contribution in [3.05, 3.63) is 12.4 Å². The topological polar surface area (TPSA) is 42.7 Å². The molecular weight excluding hydrogens is 176 g/mol. The Morgan fingerprint density at radius 2 is 2.21 bits per heavy atom. The molecule has 1 heterocycles. The van der Waals surface area contributed by atoms with Gasteiger partial charge >= 0.3 is 0 Å². The van der Waals surface area contributed by atoms with Crippen LogP contribution in [0.3, 0.4) is 0 Å². The summed E-state index contributed by atoms with van der Waals surface area (Å²) in [6.07, 6.45) is 9.30. The highest BCUT2D eigenvalue weighted by Crippen LogP contribution is 2.23. The molecule has 1 aliphatic rings. The van der Waals surface area contributed by atoms with E-state index in [1.807, 2.05) is 10.9 Å². The van der Waals surface area contributed by atoms with Crippen molar-refractivity contribution in [3.8, 4) is 0 Å². The average molecular weight is 194 g/mol. The lowest BCUT2D eigenvalue weighted by molar-refractivity contribution is 0.464. The fourth-order valence-corrected chi connectivity index (χ4v) is 2.07. The van der Waals surface area contributed by atoms with E-state index in [4.69, 9.17) is 0 Å². The monoisotopic (exact) mass is 194 g/mol. The largest absolute Gasteiger partial charge is 0.315 e. The van der Waals surface area contributed by atoms with E-state index in [9.17, 15) is 0 Å². The van der Waals surface area contributed by atoms with Crippen molar-refractivity contribution in [2.24, 2.45) is 5.92 Å². The third-order valence-corrected chi connectivity index (χ3v) is 2.90. The minimum absolute atomic E-state index is 0.922. The van der Waals surface area contributed by atoms with E-state index >= 15 is 0 Å². The highest BCUT2D eigenvalue weighted by Gasteiger charge is 2.13. The molecule has 2 rings (SSSR count). The van der Waals surface area contributed by atoms with Gasteiger partial charge in [-0.1, -0.05) is 18.1 Å². The van der Waals surface area contributed by atoms with Crippen LogP contribution in [0, 0.1) is 5.92 Å². The standard InChI is InChI=1S/C10H18N4/c1-2-4-10(3-1)9-11-5-7-14-8-6-12-13-14/h6,8,10-11H,1-5,7,9H2. The maximum Gasteiger partial charge on any atom is 0.0692 e. The molecular formula is C10H18N4. The molecule has 14 heavy (non-hydrogen) atoms. The van der Waals surface area contributed by atoms with Crippen LogP contribution in [0.15, 0.2) is 12.4 Å². The van der Waals surface area contributed by atoms with Gasteiger partial charge in [-0.25, -0.2) is 0 Å². The van der Waals surface area contributed by atoms with Crippen molar-refractivity contribution in [1.29, 1.82) is 0 Å². The highest BCUT2D eigenvalue weighted by atomic mass is 15.4. The molecule has 0 saturated heterocycles. The van der Waals surface area contributed by atoms with Crippen LogP contribution in [-0.2, 0) is 6.54 Å². The summed E-state index contributed by atoms with van der Waals surface area (Å²) in [6, 6.07) is 0. The second-order valence-electron chi connectivity index (χ2n) is 4.02. The summed E-state index contributed by atoms with van der Waals surface area (Å²) in [7, 11) is 0. The lowest BCUT2D eigenvalue weighted by Crippen LogP contribution is -2.25. The maximum absolute atomic E-state index is 3.91. The van der Waals surface area contributed by atoms with Gasteiger partial charge in [0.25, 0.3) is 0 Å². The predicted molar refractivity (Wildman–Crippen MR) is 54.8 cm³/mol. The molecule has 0 bridgehead atoms. The SMILES string of the molecule is c1cn(CCNCC2CCCC2)nn1. The van der Waals surface area contributed by atoms with Crippen LogP contribution >= 0.6 is 0 Å². The van der Waals surface area contributed by atoms with Gasteiger partial charge < -0.3 is 5.32 Å². The molecule has 1 aromatic rings. The van der Waals surface area contributed by atoms with Gasteiger partial charge in [-0.2, -0.15) is 0 Å². The molecule has 0 atom stereocenters. The summed E-state index contributed by atoms with van der Waals surface area (Å²) in [5.74, 6) is 0.922. The maximum atomic E-state index is 3.91. The minimum atomic E-state index is 0.922. The molecule has 0 spiro atoms. The quantitative estimate of drug-likeness (QED) is 0.713. The predicted octanol–water partition coefficient (Wildman–Crippen LogP) is 1.06. The van der Waals surface area contributed by atoms with Crippen molar-refractivity contribution >= 4 is 0 Å². The van der Waals surface area contributed by atoms with Gasteiger partial charge in [-0.15, -0.1) is 5.10 Å². The van der Waals surface area contributed by atoms with Gasteiger partial charge in [0, 0.05) is 12.7 Å². The van der Waals surface area contributed by atoms with E-state index in [0.29, 0.717) is 0 Å². The Bertz CT molecular complexity index is 239. The molecule has 0 aliphatic heterocycles. The lowest BCUT2D eigenvalue weighted by atomic mass is 10.1. The van der Waals surface area contributed by atoms with Crippen LogP contribution in [0.2, 0.25) is 0 Å². The summed E-state index contributed by atoms with van der Waals surface area (Å²) in [4.78, 5) is 0. The van der Waals surface area contributed by atoms with Crippen LogP contribution in [-0.4, -0.2) is 28.1 Å². The van der Waals surface area contributed by atoms with E-state index in [1.54, 1.807) is 6.20 Å². The van der Waals surface area contributed by atoms with Crippen LogP contribution in [0.25, 0.3) is 0 Å². The number of aromatic nitrogens is 3. The zero-order valence-electron chi connectivity index (χ0n) is 8.52. The fraction of sp³-hybridized carbons (Fsp3) is 0.800. The van der Waals surface area contributed by atoms with E-state index in [1.165, 1.54) is 32.2 Å². The van der Waals surface area contributed by atoms with Crippen molar-refractivity contribution in [3.63, 3.8) is 0 Å². The average Bonchev–Trinajstić information content (AvgIpc) is 2.86. The van der Waals surface area contributed by atoms with Gasteiger partial charge in [0.2, 0.25) is 0 Å². The second kappa shape index (κ2) is 5.10. The summed E-state index contributed by atoms with van der Waals surface area (Å²) >= 11 is 0. The number of rotatable bonds is 5. The smallest absolute Gasteiger partial charge is 0.0692 e. The van der Waals surface area contributed by atoms with E-state index in [0.717, 1.165) is 19.0 Å². The van der Waals surface area contributed by atoms with Gasteiger partial charge in [0.1, 0.15) is 0 Å².